The third-order valence-electron chi connectivity index (χ3n) is 3.72. The summed E-state index contributed by atoms with van der Waals surface area (Å²) >= 11 is 1.83. The van der Waals surface area contributed by atoms with E-state index in [4.69, 9.17) is 4.98 Å². The molecule has 1 aliphatic rings. The Morgan fingerprint density at radius 2 is 2.16 bits per heavy atom. The zero-order chi connectivity index (χ0) is 13.7. The minimum absolute atomic E-state index is 0.252. The Kier molecular flexibility index (Phi) is 5.37. The molecule has 1 aliphatic carbocycles. The van der Waals surface area contributed by atoms with Crippen LogP contribution in [0.3, 0.4) is 0 Å². The molecule has 0 saturated carbocycles. The summed E-state index contributed by atoms with van der Waals surface area (Å²) in [6.07, 6.45) is 8.54. The summed E-state index contributed by atoms with van der Waals surface area (Å²) in [7, 11) is 1.91. The van der Waals surface area contributed by atoms with Gasteiger partial charge >= 0.3 is 0 Å². The molecule has 1 aromatic heterocycles. The number of carbonyl (C=O) groups excluding carboxylic acids is 1. The molecule has 0 N–H and O–H groups in total. The lowest BCUT2D eigenvalue weighted by Crippen LogP contribution is -2.27. The summed E-state index contributed by atoms with van der Waals surface area (Å²) in [4.78, 5) is 20.0. The van der Waals surface area contributed by atoms with Gasteiger partial charge in [-0.1, -0.05) is 13.3 Å². The van der Waals surface area contributed by atoms with Crippen LogP contribution in [-0.4, -0.2) is 29.4 Å². The number of rotatable bonds is 6. The number of nitrogens with zero attached hydrogens (tertiary/aromatic N) is 2. The van der Waals surface area contributed by atoms with Gasteiger partial charge in [0, 0.05) is 31.3 Å². The lowest BCUT2D eigenvalue weighted by Gasteiger charge is -2.16. The Morgan fingerprint density at radius 1 is 1.37 bits per heavy atom. The van der Waals surface area contributed by atoms with Crippen LogP contribution < -0.4 is 0 Å². The lowest BCUT2D eigenvalue weighted by molar-refractivity contribution is -0.129. The summed E-state index contributed by atoms with van der Waals surface area (Å²) in [5, 5.41) is 1.16. The van der Waals surface area contributed by atoms with Crippen LogP contribution in [-0.2, 0) is 24.1 Å². The van der Waals surface area contributed by atoms with E-state index in [9.17, 15) is 4.79 Å². The highest BCUT2D eigenvalue weighted by atomic mass is 32.1. The van der Waals surface area contributed by atoms with Crippen LogP contribution >= 0.6 is 11.3 Å². The molecule has 1 amide bonds. The summed E-state index contributed by atoms with van der Waals surface area (Å²) in [6, 6.07) is 0. The first-order chi connectivity index (χ1) is 9.20. The molecule has 4 heteroatoms. The van der Waals surface area contributed by atoms with Gasteiger partial charge in [-0.2, -0.15) is 0 Å². The third kappa shape index (κ3) is 4.03. The van der Waals surface area contributed by atoms with E-state index in [0.717, 1.165) is 37.2 Å². The molecular weight excluding hydrogens is 256 g/mol. The van der Waals surface area contributed by atoms with Crippen molar-refractivity contribution in [3.8, 4) is 0 Å². The van der Waals surface area contributed by atoms with Crippen molar-refractivity contribution < 1.29 is 4.79 Å². The van der Waals surface area contributed by atoms with Crippen molar-refractivity contribution in [1.82, 2.24) is 9.88 Å². The fourth-order valence-corrected chi connectivity index (χ4v) is 3.59. The Bertz CT molecular complexity index is 404. The number of carbonyl (C=O) groups is 1. The number of fused-ring (bicyclic) bond motifs is 1. The second kappa shape index (κ2) is 7.04. The largest absolute Gasteiger partial charge is 0.346 e. The van der Waals surface area contributed by atoms with Gasteiger partial charge in [0.25, 0.3) is 0 Å². The van der Waals surface area contributed by atoms with Crippen molar-refractivity contribution >= 4 is 17.2 Å². The number of unbranched alkanes of at least 4 members (excludes halogenated alkanes) is 1. The van der Waals surface area contributed by atoms with Gasteiger partial charge in [-0.05, 0) is 32.1 Å². The zero-order valence-electron chi connectivity index (χ0n) is 12.1. The molecule has 0 radical (unpaired) electrons. The van der Waals surface area contributed by atoms with Crippen LogP contribution in [0.25, 0.3) is 0 Å². The SMILES string of the molecule is CCCCN(C)C(=O)CCc1nc2c(s1)CCCC2. The molecule has 0 aliphatic heterocycles. The van der Waals surface area contributed by atoms with Crippen molar-refractivity contribution in [3.05, 3.63) is 15.6 Å². The zero-order valence-corrected chi connectivity index (χ0v) is 12.9. The van der Waals surface area contributed by atoms with E-state index < -0.39 is 0 Å². The van der Waals surface area contributed by atoms with Crippen LogP contribution in [0.15, 0.2) is 0 Å². The highest BCUT2D eigenvalue weighted by molar-refractivity contribution is 7.11. The highest BCUT2D eigenvalue weighted by Gasteiger charge is 2.16. The molecule has 1 aromatic rings. The second-order valence-corrected chi connectivity index (χ2v) is 6.52. The molecular formula is C15H24N2OS. The number of thiazole rings is 1. The lowest BCUT2D eigenvalue weighted by atomic mass is 10.0. The first-order valence-corrected chi connectivity index (χ1v) is 8.23. The van der Waals surface area contributed by atoms with E-state index >= 15 is 0 Å². The number of hydrogen-bond acceptors (Lipinski definition) is 3. The smallest absolute Gasteiger partial charge is 0.222 e. The Balaban J connectivity index is 1.81. The van der Waals surface area contributed by atoms with Crippen molar-refractivity contribution in [2.24, 2.45) is 0 Å². The van der Waals surface area contributed by atoms with Crippen molar-refractivity contribution in [2.75, 3.05) is 13.6 Å². The molecule has 106 valence electrons. The third-order valence-corrected chi connectivity index (χ3v) is 4.93. The van der Waals surface area contributed by atoms with Gasteiger partial charge in [0.05, 0.1) is 10.7 Å². The molecule has 0 atom stereocenters. The van der Waals surface area contributed by atoms with E-state index in [1.807, 2.05) is 23.3 Å². The molecule has 0 fully saturated rings. The average Bonchev–Trinajstić information content (AvgIpc) is 2.84. The molecule has 3 nitrogen and oxygen atoms in total. The molecule has 2 rings (SSSR count). The van der Waals surface area contributed by atoms with Crippen molar-refractivity contribution in [1.29, 1.82) is 0 Å². The maximum Gasteiger partial charge on any atom is 0.222 e. The normalized spacial score (nSPS) is 14.2. The molecule has 19 heavy (non-hydrogen) atoms. The molecule has 0 spiro atoms. The number of aromatic nitrogens is 1. The molecule has 0 bridgehead atoms. The maximum absolute atomic E-state index is 12.0. The molecule has 0 saturated heterocycles. The summed E-state index contributed by atoms with van der Waals surface area (Å²) in [5.41, 5.74) is 1.30. The molecule has 0 aromatic carbocycles. The minimum atomic E-state index is 0.252. The number of hydrogen-bond donors (Lipinski definition) is 0. The van der Waals surface area contributed by atoms with Crippen molar-refractivity contribution in [2.45, 2.75) is 58.3 Å². The minimum Gasteiger partial charge on any atom is -0.346 e. The summed E-state index contributed by atoms with van der Waals surface area (Å²) < 4.78 is 0. The van der Waals surface area contributed by atoms with E-state index in [1.54, 1.807) is 0 Å². The fourth-order valence-electron chi connectivity index (χ4n) is 2.44. The number of aryl methyl sites for hydroxylation is 3. The topological polar surface area (TPSA) is 33.2 Å². The van der Waals surface area contributed by atoms with Gasteiger partial charge in [-0.15, -0.1) is 11.3 Å². The van der Waals surface area contributed by atoms with Crippen molar-refractivity contribution in [3.63, 3.8) is 0 Å². The monoisotopic (exact) mass is 280 g/mol. The van der Waals surface area contributed by atoms with Crippen LogP contribution in [0.4, 0.5) is 0 Å². The predicted octanol–water partition coefficient (Wildman–Crippen LogP) is 3.21. The van der Waals surface area contributed by atoms with Crippen LogP contribution in [0, 0.1) is 0 Å². The van der Waals surface area contributed by atoms with Gasteiger partial charge in [0.2, 0.25) is 5.91 Å². The highest BCUT2D eigenvalue weighted by Crippen LogP contribution is 2.27. The van der Waals surface area contributed by atoms with Gasteiger partial charge in [-0.25, -0.2) is 4.98 Å². The summed E-state index contributed by atoms with van der Waals surface area (Å²) in [5.74, 6) is 0.252. The van der Waals surface area contributed by atoms with Crippen LogP contribution in [0.1, 0.15) is 54.6 Å². The van der Waals surface area contributed by atoms with E-state index in [0.29, 0.717) is 6.42 Å². The second-order valence-electron chi connectivity index (χ2n) is 5.35. The van der Waals surface area contributed by atoms with Gasteiger partial charge in [0.15, 0.2) is 0 Å². The van der Waals surface area contributed by atoms with Crippen LogP contribution in [0.5, 0.6) is 0 Å². The van der Waals surface area contributed by atoms with Gasteiger partial charge < -0.3 is 4.90 Å². The van der Waals surface area contributed by atoms with Gasteiger partial charge in [-0.3, -0.25) is 4.79 Å². The quantitative estimate of drug-likeness (QED) is 0.801. The summed E-state index contributed by atoms with van der Waals surface area (Å²) in [6.45, 7) is 3.03. The van der Waals surface area contributed by atoms with E-state index in [2.05, 4.69) is 6.92 Å². The molecule has 1 heterocycles. The van der Waals surface area contributed by atoms with Gasteiger partial charge in [0.1, 0.15) is 0 Å². The maximum atomic E-state index is 12.0. The first-order valence-electron chi connectivity index (χ1n) is 7.42. The first kappa shape index (κ1) is 14.5. The Morgan fingerprint density at radius 3 is 2.89 bits per heavy atom. The number of amides is 1. The standard InChI is InChI=1S/C15H24N2OS/c1-3-4-11-17(2)15(18)10-9-14-16-12-7-5-6-8-13(12)19-14/h3-11H2,1-2H3. The Hall–Kier alpha value is -0.900. The average molecular weight is 280 g/mol. The predicted molar refractivity (Wildman–Crippen MR) is 79.6 cm³/mol. The van der Waals surface area contributed by atoms with Crippen LogP contribution in [0.2, 0.25) is 0 Å². The fraction of sp³-hybridized carbons (Fsp3) is 0.733. The van der Waals surface area contributed by atoms with E-state index in [1.165, 1.54) is 29.8 Å². The van der Waals surface area contributed by atoms with E-state index in [-0.39, 0.29) is 5.91 Å². The Labute approximate surface area is 120 Å². The molecule has 0 unspecified atom stereocenters.